The minimum absolute atomic E-state index is 0.00713. The summed E-state index contributed by atoms with van der Waals surface area (Å²) >= 11 is 4.04. The summed E-state index contributed by atoms with van der Waals surface area (Å²) in [5.41, 5.74) is 0. The van der Waals surface area contributed by atoms with Gasteiger partial charge in [0.2, 0.25) is 0 Å². The molecule has 0 bridgehead atoms. The van der Waals surface area contributed by atoms with Crippen LogP contribution in [0.15, 0.2) is 4.67 Å². The molecule has 10 heteroatoms. The average molecular weight is 400 g/mol. The number of carbonyl (C=O) groups excluding carboxylic acids is 3. The Kier molecular flexibility index (Phi) is 12.8. The molecule has 146 valence electrons. The molecule has 0 aliphatic heterocycles. The van der Waals surface area contributed by atoms with Crippen molar-refractivity contribution in [2.24, 2.45) is 16.5 Å². The van der Waals surface area contributed by atoms with Gasteiger partial charge in [-0.2, -0.15) is 12.6 Å². The zero-order valence-electron chi connectivity index (χ0n) is 15.2. The van der Waals surface area contributed by atoms with E-state index in [0.717, 1.165) is 32.1 Å². The number of hydrogen-bond acceptors (Lipinski definition) is 6. The molecule has 0 aromatic heterocycles. The van der Waals surface area contributed by atoms with Gasteiger partial charge in [-0.15, -0.1) is 0 Å². The fourth-order valence-electron chi connectivity index (χ4n) is 3.22. The zero-order chi connectivity index (χ0) is 19.2. The van der Waals surface area contributed by atoms with Crippen molar-refractivity contribution in [3.05, 3.63) is 0 Å². The number of rotatable bonds is 12. The third-order valence-electron chi connectivity index (χ3n) is 4.54. The third-order valence-corrected chi connectivity index (χ3v) is 4.91. The van der Waals surface area contributed by atoms with Gasteiger partial charge in [-0.25, -0.2) is 0 Å². The maximum atomic E-state index is 12.5. The second-order valence-corrected chi connectivity index (χ2v) is 7.17. The number of nitrogens with zero attached hydrogens (tertiary/aromatic N) is 1. The predicted octanol–water partition coefficient (Wildman–Crippen LogP) is 0.877. The van der Waals surface area contributed by atoms with Crippen LogP contribution in [0.2, 0.25) is 0 Å². The van der Waals surface area contributed by atoms with E-state index in [9.17, 15) is 14.4 Å². The molecule has 1 aliphatic carbocycles. The van der Waals surface area contributed by atoms with E-state index in [0.29, 0.717) is 38.2 Å². The summed E-state index contributed by atoms with van der Waals surface area (Å²) in [6.45, 7) is 1.86. The van der Waals surface area contributed by atoms with Crippen LogP contribution in [0.25, 0.3) is 0 Å². The first-order valence-electron chi connectivity index (χ1n) is 9.23. The Morgan fingerprint density at radius 3 is 2.50 bits per heavy atom. The first-order chi connectivity index (χ1) is 12.6. The molecule has 26 heavy (non-hydrogen) atoms. The van der Waals surface area contributed by atoms with Crippen LogP contribution in [0, 0.1) is 11.8 Å². The standard InChI is InChI=1S/C16H30BN4O3PS/c22-14(6-3-8-18-9-7-15(23)19-10-11-26)12-4-1-2-5-13(12)16(24)20-17-21-25/h12-13,18,26H,1-11,25H2,(H,19,23)(H,20,24)/t12?,13-/m1/s1. The van der Waals surface area contributed by atoms with Crippen LogP contribution in [0.3, 0.4) is 0 Å². The Labute approximate surface area is 164 Å². The van der Waals surface area contributed by atoms with E-state index >= 15 is 0 Å². The summed E-state index contributed by atoms with van der Waals surface area (Å²) in [4.78, 5) is 36.2. The number of carbonyl (C=O) groups is 3. The Hall–Kier alpha value is -0.785. The summed E-state index contributed by atoms with van der Waals surface area (Å²) in [5, 5.41) is 8.58. The molecule has 0 saturated heterocycles. The van der Waals surface area contributed by atoms with Crippen LogP contribution in [0.5, 0.6) is 0 Å². The second kappa shape index (κ2) is 14.3. The third kappa shape index (κ3) is 9.24. The van der Waals surface area contributed by atoms with Gasteiger partial charge >= 0.3 is 129 Å². The largest absolute Gasteiger partial charge is 0.355 e. The predicted molar refractivity (Wildman–Crippen MR) is 110 cm³/mol. The molecule has 7 nitrogen and oxygen atoms in total. The van der Waals surface area contributed by atoms with E-state index in [1.807, 2.05) is 0 Å². The summed E-state index contributed by atoms with van der Waals surface area (Å²) in [5.74, 6) is 0.260. The normalized spacial score (nSPS) is 19.8. The monoisotopic (exact) mass is 400 g/mol. The molecule has 1 rings (SSSR count). The van der Waals surface area contributed by atoms with Crippen LogP contribution in [0.4, 0.5) is 0 Å². The SMILES string of the molecule is O=C(CCNCCCC(=O)C1CCCC[C@H]1C(=O)NB=NP)NCCS. The van der Waals surface area contributed by atoms with Crippen LogP contribution in [-0.2, 0) is 14.4 Å². The van der Waals surface area contributed by atoms with Gasteiger partial charge in [0.25, 0.3) is 0 Å². The molecule has 1 saturated carbocycles. The number of thiol groups is 1. The minimum Gasteiger partial charge on any atom is -0.355 e. The summed E-state index contributed by atoms with van der Waals surface area (Å²) in [7, 11) is 3.51. The van der Waals surface area contributed by atoms with Gasteiger partial charge in [0, 0.05) is 12.3 Å². The molecule has 0 aromatic rings. The zero-order valence-corrected chi connectivity index (χ0v) is 17.3. The van der Waals surface area contributed by atoms with Crippen molar-refractivity contribution in [1.82, 2.24) is 15.9 Å². The van der Waals surface area contributed by atoms with Crippen LogP contribution in [0.1, 0.15) is 44.9 Å². The molecule has 3 atom stereocenters. The van der Waals surface area contributed by atoms with Crippen molar-refractivity contribution < 1.29 is 14.4 Å². The first kappa shape index (κ1) is 23.3. The van der Waals surface area contributed by atoms with E-state index in [2.05, 4.69) is 42.5 Å². The van der Waals surface area contributed by atoms with Crippen molar-refractivity contribution in [3.63, 3.8) is 0 Å². The maximum Gasteiger partial charge on any atom is 0.0262 e. The Morgan fingerprint density at radius 1 is 1.08 bits per heavy atom. The molecule has 2 unspecified atom stereocenters. The van der Waals surface area contributed by atoms with Gasteiger partial charge in [0.15, 0.2) is 0 Å². The van der Waals surface area contributed by atoms with Gasteiger partial charge < -0.3 is 5.32 Å². The number of hydrogen-bond donors (Lipinski definition) is 4. The smallest absolute Gasteiger partial charge is 0.0262 e. The van der Waals surface area contributed by atoms with Crippen LogP contribution >= 0.6 is 22.0 Å². The molecule has 1 fully saturated rings. The van der Waals surface area contributed by atoms with E-state index in [-0.39, 0.29) is 29.4 Å². The molecule has 2 amide bonds. The summed E-state index contributed by atoms with van der Waals surface area (Å²) in [6, 6.07) is 0. The minimum atomic E-state index is -0.247. The molecule has 0 heterocycles. The van der Waals surface area contributed by atoms with Crippen molar-refractivity contribution in [2.45, 2.75) is 44.9 Å². The van der Waals surface area contributed by atoms with Gasteiger partial charge in [-0.3, -0.25) is 4.79 Å². The Balaban J connectivity index is 2.25. The van der Waals surface area contributed by atoms with Gasteiger partial charge in [0.1, 0.15) is 0 Å². The fourth-order valence-corrected chi connectivity index (χ4v) is 3.41. The summed E-state index contributed by atoms with van der Waals surface area (Å²) in [6.07, 6.45) is 5.12. The van der Waals surface area contributed by atoms with Crippen molar-refractivity contribution in [3.8, 4) is 0 Å². The van der Waals surface area contributed by atoms with Crippen molar-refractivity contribution in [1.29, 1.82) is 0 Å². The van der Waals surface area contributed by atoms with E-state index in [1.165, 1.54) is 7.21 Å². The number of amides is 2. The van der Waals surface area contributed by atoms with Crippen LogP contribution < -0.4 is 15.9 Å². The van der Waals surface area contributed by atoms with Gasteiger partial charge in [-0.05, 0) is 0 Å². The van der Waals surface area contributed by atoms with E-state index in [1.54, 1.807) is 0 Å². The molecule has 3 N–H and O–H groups in total. The van der Waals surface area contributed by atoms with E-state index in [4.69, 9.17) is 0 Å². The molecule has 1 aliphatic rings. The first-order valence-corrected chi connectivity index (χ1v) is 10.4. The topological polar surface area (TPSA) is 99.7 Å². The quantitative estimate of drug-likeness (QED) is 0.169. The van der Waals surface area contributed by atoms with Gasteiger partial charge in [0.05, 0.1) is 0 Å². The molecule has 0 aromatic carbocycles. The second-order valence-electron chi connectivity index (χ2n) is 6.43. The molecular formula is C16H30BN4O3PS. The van der Waals surface area contributed by atoms with E-state index < -0.39 is 0 Å². The Bertz CT molecular complexity index is 496. The summed E-state index contributed by atoms with van der Waals surface area (Å²) < 4.78 is 3.68. The van der Waals surface area contributed by atoms with Crippen molar-refractivity contribution in [2.75, 3.05) is 25.4 Å². The average Bonchev–Trinajstić information content (AvgIpc) is 2.66. The van der Waals surface area contributed by atoms with Gasteiger partial charge in [-0.1, -0.05) is 0 Å². The number of Topliss-reactive ketones (excluding diaryl/α,β-unsaturated/α-hetero) is 1. The molecule has 0 radical (unpaired) electrons. The fraction of sp³-hybridized carbons (Fsp3) is 0.812. The Morgan fingerprint density at radius 2 is 1.81 bits per heavy atom. The number of ketones is 1. The molecule has 0 spiro atoms. The maximum absolute atomic E-state index is 12.5. The molecular weight excluding hydrogens is 370 g/mol. The number of nitrogens with one attached hydrogen (secondary N) is 3. The van der Waals surface area contributed by atoms with Crippen molar-refractivity contribution >= 4 is 46.8 Å². The van der Waals surface area contributed by atoms with Crippen LogP contribution in [-0.4, -0.2) is 50.2 Å².